The molecule has 1 aromatic carbocycles. The Labute approximate surface area is 134 Å². The van der Waals surface area contributed by atoms with Crippen molar-refractivity contribution < 1.29 is 9.53 Å². The second kappa shape index (κ2) is 6.50. The van der Waals surface area contributed by atoms with Crippen molar-refractivity contribution in [3.8, 4) is 16.9 Å². The summed E-state index contributed by atoms with van der Waals surface area (Å²) in [5.74, 6) is 0.991. The molecule has 0 aliphatic carbocycles. The van der Waals surface area contributed by atoms with E-state index in [1.54, 1.807) is 7.11 Å². The van der Waals surface area contributed by atoms with Crippen molar-refractivity contribution in [2.75, 3.05) is 40.3 Å². The molecule has 1 aliphatic rings. The van der Waals surface area contributed by atoms with Gasteiger partial charge in [0.1, 0.15) is 5.75 Å². The first-order chi connectivity index (χ1) is 10.7. The second-order valence-electron chi connectivity index (χ2n) is 5.52. The second-order valence-corrected chi connectivity index (χ2v) is 6.43. The number of carbonyl (C=O) groups is 1. The SMILES string of the molecule is COc1ccc(-c2csc(C(=O)N3CCN(C)CC3)c2)cc1. The molecular weight excluding hydrogens is 296 g/mol. The van der Waals surface area contributed by atoms with Gasteiger partial charge in [0.2, 0.25) is 0 Å². The molecule has 0 saturated carbocycles. The van der Waals surface area contributed by atoms with Crippen molar-refractivity contribution in [1.82, 2.24) is 9.80 Å². The highest BCUT2D eigenvalue weighted by Crippen LogP contribution is 2.28. The molecule has 22 heavy (non-hydrogen) atoms. The van der Waals surface area contributed by atoms with Gasteiger partial charge < -0.3 is 14.5 Å². The number of ether oxygens (including phenoxy) is 1. The fourth-order valence-electron chi connectivity index (χ4n) is 2.55. The van der Waals surface area contributed by atoms with Crippen LogP contribution < -0.4 is 4.74 Å². The van der Waals surface area contributed by atoms with Gasteiger partial charge in [-0.15, -0.1) is 11.3 Å². The summed E-state index contributed by atoms with van der Waals surface area (Å²) in [5, 5.41) is 2.05. The fourth-order valence-corrected chi connectivity index (χ4v) is 3.43. The number of thiophene rings is 1. The summed E-state index contributed by atoms with van der Waals surface area (Å²) < 4.78 is 5.17. The van der Waals surface area contributed by atoms with Crippen molar-refractivity contribution in [2.45, 2.75) is 0 Å². The Morgan fingerprint density at radius 3 is 2.41 bits per heavy atom. The van der Waals surface area contributed by atoms with Gasteiger partial charge in [-0.1, -0.05) is 12.1 Å². The van der Waals surface area contributed by atoms with Gasteiger partial charge in [-0.3, -0.25) is 4.79 Å². The van der Waals surface area contributed by atoms with Gasteiger partial charge in [-0.05, 0) is 41.8 Å². The minimum atomic E-state index is 0.151. The summed E-state index contributed by atoms with van der Waals surface area (Å²) in [6.07, 6.45) is 0. The zero-order valence-corrected chi connectivity index (χ0v) is 13.7. The number of rotatable bonds is 3. The number of piperazine rings is 1. The van der Waals surface area contributed by atoms with Crippen LogP contribution >= 0.6 is 11.3 Å². The van der Waals surface area contributed by atoms with Crippen LogP contribution in [0.1, 0.15) is 9.67 Å². The standard InChI is InChI=1S/C17H20N2O2S/c1-18-7-9-19(10-8-18)17(20)16-11-14(12-22-16)13-3-5-15(21-2)6-4-13/h3-6,11-12H,7-10H2,1-2H3. The molecule has 2 aromatic rings. The highest BCUT2D eigenvalue weighted by atomic mass is 32.1. The highest BCUT2D eigenvalue weighted by molar-refractivity contribution is 7.12. The molecule has 1 aromatic heterocycles. The highest BCUT2D eigenvalue weighted by Gasteiger charge is 2.21. The quantitative estimate of drug-likeness (QED) is 0.873. The first-order valence-electron chi connectivity index (χ1n) is 7.38. The summed E-state index contributed by atoms with van der Waals surface area (Å²) in [4.78, 5) is 17.6. The number of hydrogen-bond donors (Lipinski definition) is 0. The number of amides is 1. The van der Waals surface area contributed by atoms with E-state index < -0.39 is 0 Å². The molecule has 5 heteroatoms. The summed E-state index contributed by atoms with van der Waals surface area (Å²) in [6, 6.07) is 9.91. The lowest BCUT2D eigenvalue weighted by Crippen LogP contribution is -2.46. The fraction of sp³-hybridized carbons (Fsp3) is 0.353. The largest absolute Gasteiger partial charge is 0.497 e. The average Bonchev–Trinajstić information content (AvgIpc) is 3.05. The van der Waals surface area contributed by atoms with Crippen LogP contribution in [0.25, 0.3) is 11.1 Å². The number of nitrogens with zero attached hydrogens (tertiary/aromatic N) is 2. The van der Waals surface area contributed by atoms with Crippen molar-refractivity contribution in [2.24, 2.45) is 0 Å². The summed E-state index contributed by atoms with van der Waals surface area (Å²) in [5.41, 5.74) is 2.19. The van der Waals surface area contributed by atoms with E-state index in [1.807, 2.05) is 40.6 Å². The van der Waals surface area contributed by atoms with Crippen LogP contribution in [0.3, 0.4) is 0 Å². The van der Waals surface area contributed by atoms with Crippen molar-refractivity contribution in [1.29, 1.82) is 0 Å². The van der Waals surface area contributed by atoms with E-state index in [4.69, 9.17) is 4.74 Å². The van der Waals surface area contributed by atoms with Gasteiger partial charge >= 0.3 is 0 Å². The summed E-state index contributed by atoms with van der Waals surface area (Å²) in [7, 11) is 3.75. The van der Waals surface area contributed by atoms with Crippen LogP contribution in [0.2, 0.25) is 0 Å². The van der Waals surface area contributed by atoms with Crippen molar-refractivity contribution in [3.05, 3.63) is 40.6 Å². The molecule has 0 unspecified atom stereocenters. The molecule has 3 rings (SSSR count). The molecule has 0 spiro atoms. The number of hydrogen-bond acceptors (Lipinski definition) is 4. The molecule has 0 N–H and O–H groups in total. The Bertz CT molecular complexity index is 643. The van der Waals surface area contributed by atoms with Gasteiger partial charge in [0.25, 0.3) is 5.91 Å². The third kappa shape index (κ3) is 3.15. The third-order valence-corrected chi connectivity index (χ3v) is 4.94. The molecule has 0 bridgehead atoms. The topological polar surface area (TPSA) is 32.8 Å². The predicted molar refractivity (Wildman–Crippen MR) is 89.7 cm³/mol. The lowest BCUT2D eigenvalue weighted by molar-refractivity contribution is 0.0669. The molecular formula is C17H20N2O2S. The number of methoxy groups -OCH3 is 1. The van der Waals surface area contributed by atoms with E-state index in [9.17, 15) is 4.79 Å². The van der Waals surface area contributed by atoms with Gasteiger partial charge in [0.15, 0.2) is 0 Å². The van der Waals surface area contributed by atoms with Crippen molar-refractivity contribution >= 4 is 17.2 Å². The first-order valence-corrected chi connectivity index (χ1v) is 8.26. The molecule has 2 heterocycles. The van der Waals surface area contributed by atoms with Crippen LogP contribution in [0.5, 0.6) is 5.75 Å². The van der Waals surface area contributed by atoms with Crippen LogP contribution in [-0.2, 0) is 0 Å². The monoisotopic (exact) mass is 316 g/mol. The van der Waals surface area contributed by atoms with Crippen molar-refractivity contribution in [3.63, 3.8) is 0 Å². The molecule has 0 radical (unpaired) electrons. The smallest absolute Gasteiger partial charge is 0.264 e. The third-order valence-electron chi connectivity index (χ3n) is 4.02. The van der Waals surface area contributed by atoms with E-state index in [0.29, 0.717) is 0 Å². The van der Waals surface area contributed by atoms with E-state index in [-0.39, 0.29) is 5.91 Å². The van der Waals surface area contributed by atoms with Crippen LogP contribution in [0.4, 0.5) is 0 Å². The molecule has 1 saturated heterocycles. The van der Waals surface area contributed by atoms with Crippen LogP contribution in [-0.4, -0.2) is 56.0 Å². The molecule has 1 amide bonds. The van der Waals surface area contributed by atoms with E-state index in [0.717, 1.165) is 47.9 Å². The number of likely N-dealkylation sites (N-methyl/N-ethyl adjacent to an activating group) is 1. The molecule has 116 valence electrons. The van der Waals surface area contributed by atoms with Gasteiger partial charge in [0.05, 0.1) is 12.0 Å². The molecule has 1 aliphatic heterocycles. The zero-order valence-electron chi connectivity index (χ0n) is 12.9. The molecule has 4 nitrogen and oxygen atoms in total. The molecule has 1 fully saturated rings. The lowest BCUT2D eigenvalue weighted by atomic mass is 10.1. The summed E-state index contributed by atoms with van der Waals surface area (Å²) in [6.45, 7) is 3.51. The zero-order chi connectivity index (χ0) is 15.5. The maximum absolute atomic E-state index is 12.5. The Morgan fingerprint density at radius 2 is 1.77 bits per heavy atom. The maximum Gasteiger partial charge on any atom is 0.264 e. The minimum Gasteiger partial charge on any atom is -0.497 e. The Kier molecular flexibility index (Phi) is 4.45. The lowest BCUT2D eigenvalue weighted by Gasteiger charge is -2.32. The first kappa shape index (κ1) is 15.1. The average molecular weight is 316 g/mol. The Morgan fingerprint density at radius 1 is 1.09 bits per heavy atom. The normalized spacial score (nSPS) is 15.8. The van der Waals surface area contributed by atoms with Crippen LogP contribution in [0.15, 0.2) is 35.7 Å². The predicted octanol–water partition coefficient (Wildman–Crippen LogP) is 2.81. The van der Waals surface area contributed by atoms with Gasteiger partial charge in [-0.25, -0.2) is 0 Å². The number of benzene rings is 1. The van der Waals surface area contributed by atoms with E-state index >= 15 is 0 Å². The minimum absolute atomic E-state index is 0.151. The van der Waals surface area contributed by atoms with E-state index in [2.05, 4.69) is 11.9 Å². The summed E-state index contributed by atoms with van der Waals surface area (Å²) >= 11 is 1.52. The molecule has 0 atom stereocenters. The Balaban J connectivity index is 1.73. The van der Waals surface area contributed by atoms with Crippen LogP contribution in [0, 0.1) is 0 Å². The maximum atomic E-state index is 12.5. The van der Waals surface area contributed by atoms with Gasteiger partial charge in [0, 0.05) is 26.2 Å². The van der Waals surface area contributed by atoms with E-state index in [1.165, 1.54) is 11.3 Å². The Hall–Kier alpha value is -1.85. The van der Waals surface area contributed by atoms with Gasteiger partial charge in [-0.2, -0.15) is 0 Å². The number of carbonyl (C=O) groups excluding carboxylic acids is 1.